The zero-order valence-corrected chi connectivity index (χ0v) is 25.9. The van der Waals surface area contributed by atoms with Crippen LogP contribution in [0.4, 0.5) is 0 Å². The minimum atomic E-state index is 0.644. The van der Waals surface area contributed by atoms with Crippen molar-refractivity contribution in [3.63, 3.8) is 0 Å². The molecule has 0 bridgehead atoms. The van der Waals surface area contributed by atoms with E-state index < -0.39 is 0 Å². The van der Waals surface area contributed by atoms with Gasteiger partial charge in [-0.2, -0.15) is 0 Å². The van der Waals surface area contributed by atoms with Gasteiger partial charge in [0.2, 0.25) is 0 Å². The molecule has 0 aliphatic heterocycles. The van der Waals surface area contributed by atoms with Crippen molar-refractivity contribution in [1.29, 1.82) is 0 Å². The Balaban J connectivity index is 1.13. The summed E-state index contributed by atoms with van der Waals surface area (Å²) in [5.74, 6) is 2.01. The van der Waals surface area contributed by atoms with Gasteiger partial charge in [0.1, 0.15) is 22.3 Å². The van der Waals surface area contributed by atoms with Gasteiger partial charge in [0.15, 0.2) is 17.5 Å². The molecule has 9 aromatic rings. The first-order chi connectivity index (χ1) is 23.7. The zero-order valence-electron chi connectivity index (χ0n) is 25.9. The third-order valence-electron chi connectivity index (χ3n) is 9.38. The molecule has 0 spiro atoms. The van der Waals surface area contributed by atoms with Crippen LogP contribution in [0.3, 0.4) is 0 Å². The molecule has 5 nitrogen and oxygen atoms in total. The minimum Gasteiger partial charge on any atom is -0.456 e. The fourth-order valence-electron chi connectivity index (χ4n) is 7.00. The molecule has 226 valence electrons. The number of aromatic nitrogens is 3. The molecule has 0 amide bonds. The highest BCUT2D eigenvalue weighted by Crippen LogP contribution is 2.38. The first kappa shape index (κ1) is 26.8. The lowest BCUT2D eigenvalue weighted by molar-refractivity contribution is 0.668. The van der Waals surface area contributed by atoms with E-state index in [1.54, 1.807) is 0 Å². The van der Waals surface area contributed by atoms with E-state index in [1.165, 1.54) is 0 Å². The lowest BCUT2D eigenvalue weighted by Gasteiger charge is -2.12. The maximum atomic E-state index is 6.19. The highest BCUT2D eigenvalue weighted by molar-refractivity contribution is 6.13. The maximum absolute atomic E-state index is 6.19. The molecule has 0 fully saturated rings. The van der Waals surface area contributed by atoms with E-state index in [9.17, 15) is 0 Å². The number of nitrogens with zero attached hydrogens (tertiary/aromatic N) is 3. The van der Waals surface area contributed by atoms with Crippen molar-refractivity contribution >= 4 is 60.2 Å². The van der Waals surface area contributed by atoms with Gasteiger partial charge in [-0.05, 0) is 88.8 Å². The third-order valence-corrected chi connectivity index (χ3v) is 9.38. The number of furan rings is 2. The molecule has 6 aromatic carbocycles. The molecule has 3 heterocycles. The molecule has 48 heavy (non-hydrogen) atoms. The molecule has 0 saturated carbocycles. The van der Waals surface area contributed by atoms with Gasteiger partial charge in [0, 0.05) is 32.7 Å². The molecule has 5 heteroatoms. The fourth-order valence-corrected chi connectivity index (χ4v) is 7.00. The molecule has 0 saturated heterocycles. The summed E-state index contributed by atoms with van der Waals surface area (Å²) in [5.41, 5.74) is 8.76. The van der Waals surface area contributed by atoms with Gasteiger partial charge in [0.25, 0.3) is 0 Å². The van der Waals surface area contributed by atoms with Crippen molar-refractivity contribution in [2.45, 2.75) is 12.8 Å². The second-order valence-corrected chi connectivity index (χ2v) is 12.3. The van der Waals surface area contributed by atoms with Gasteiger partial charge in [-0.25, -0.2) is 15.0 Å². The summed E-state index contributed by atoms with van der Waals surface area (Å²) in [4.78, 5) is 15.2. The highest BCUT2D eigenvalue weighted by Gasteiger charge is 2.17. The lowest BCUT2D eigenvalue weighted by Crippen LogP contribution is -2.03. The van der Waals surface area contributed by atoms with Crippen molar-refractivity contribution in [2.75, 3.05) is 0 Å². The Hall–Kier alpha value is -6.33. The summed E-state index contributed by atoms with van der Waals surface area (Å²) in [7, 11) is 0. The molecule has 1 aliphatic rings. The normalized spacial score (nSPS) is 13.3. The zero-order chi connectivity index (χ0) is 31.6. The van der Waals surface area contributed by atoms with E-state index >= 15 is 0 Å². The van der Waals surface area contributed by atoms with Gasteiger partial charge in [0.05, 0.1) is 0 Å². The molecular weight excluding hydrogens is 590 g/mol. The average Bonchev–Trinajstić information content (AvgIpc) is 3.73. The van der Waals surface area contributed by atoms with E-state index in [4.69, 9.17) is 23.8 Å². The van der Waals surface area contributed by atoms with E-state index in [1.807, 2.05) is 48.5 Å². The van der Waals surface area contributed by atoms with Crippen LogP contribution in [0.2, 0.25) is 0 Å². The van der Waals surface area contributed by atoms with Gasteiger partial charge in [-0.15, -0.1) is 0 Å². The largest absolute Gasteiger partial charge is 0.456 e. The number of fused-ring (bicyclic) bond motifs is 7. The Labute approximate surface area is 275 Å². The minimum absolute atomic E-state index is 0.644. The van der Waals surface area contributed by atoms with E-state index in [-0.39, 0.29) is 0 Å². The Bertz CT molecular complexity index is 2800. The molecule has 0 atom stereocenters. The van der Waals surface area contributed by atoms with Crippen LogP contribution in [0.15, 0.2) is 148 Å². The number of benzene rings is 6. The topological polar surface area (TPSA) is 65.0 Å². The number of rotatable bonds is 4. The first-order valence-corrected chi connectivity index (χ1v) is 16.2. The van der Waals surface area contributed by atoms with Crippen LogP contribution in [-0.2, 0) is 0 Å². The molecule has 1 aliphatic carbocycles. The molecule has 3 aromatic heterocycles. The van der Waals surface area contributed by atoms with Gasteiger partial charge < -0.3 is 8.83 Å². The molecule has 0 N–H and O–H groups in total. The van der Waals surface area contributed by atoms with Crippen molar-refractivity contribution in [1.82, 2.24) is 15.0 Å². The quantitative estimate of drug-likeness (QED) is 0.197. The van der Waals surface area contributed by atoms with Crippen molar-refractivity contribution in [2.24, 2.45) is 0 Å². The summed E-state index contributed by atoms with van der Waals surface area (Å²) in [6, 6.07) is 41.9. The van der Waals surface area contributed by atoms with Crippen LogP contribution >= 0.6 is 0 Å². The van der Waals surface area contributed by atoms with Crippen LogP contribution in [0.5, 0.6) is 0 Å². The van der Waals surface area contributed by atoms with Crippen LogP contribution in [0.25, 0.3) is 94.1 Å². The second-order valence-electron chi connectivity index (χ2n) is 12.3. The molecule has 0 radical (unpaired) electrons. The van der Waals surface area contributed by atoms with Gasteiger partial charge in [-0.3, -0.25) is 0 Å². The van der Waals surface area contributed by atoms with Crippen LogP contribution in [0, 0.1) is 0 Å². The van der Waals surface area contributed by atoms with Gasteiger partial charge in [-0.1, -0.05) is 91.0 Å². The van der Waals surface area contributed by atoms with Gasteiger partial charge >= 0.3 is 0 Å². The lowest BCUT2D eigenvalue weighted by atomic mass is 9.96. The smallest absolute Gasteiger partial charge is 0.164 e. The van der Waals surface area contributed by atoms with E-state index in [2.05, 4.69) is 91.0 Å². The number of hydrogen-bond acceptors (Lipinski definition) is 5. The Morgan fingerprint density at radius 1 is 0.479 bits per heavy atom. The second kappa shape index (κ2) is 10.6. The highest BCUT2D eigenvalue weighted by atomic mass is 16.3. The van der Waals surface area contributed by atoms with Crippen molar-refractivity contribution < 1.29 is 8.83 Å². The monoisotopic (exact) mass is 617 g/mol. The first-order valence-electron chi connectivity index (χ1n) is 16.2. The summed E-state index contributed by atoms with van der Waals surface area (Å²) in [6.45, 7) is 0. The third kappa shape index (κ3) is 4.36. The van der Waals surface area contributed by atoms with Crippen molar-refractivity contribution in [3.8, 4) is 33.9 Å². The Morgan fingerprint density at radius 3 is 1.96 bits per heavy atom. The summed E-state index contributed by atoms with van der Waals surface area (Å²) < 4.78 is 12.3. The number of hydrogen-bond donors (Lipinski definition) is 0. The molecular formula is C43H27N3O2. The molecule has 10 rings (SSSR count). The summed E-state index contributed by atoms with van der Waals surface area (Å²) in [5, 5.41) is 6.64. The maximum Gasteiger partial charge on any atom is 0.164 e. The Kier molecular flexibility index (Phi) is 5.93. The standard InChI is InChI=1S/C43H27N3O2/c1-2-9-27(10-3-1)41-44-42(46-43(45-41)30-21-22-38-35(25-30)33-11-4-6-14-36(33)47-38)29-20-18-26-17-19-28(23-31(26)24-29)32-13-8-16-39-40(32)34-12-5-7-15-37(34)48-39/h1-2,4-9,11-25H,3,10H2. The Morgan fingerprint density at radius 2 is 1.12 bits per heavy atom. The van der Waals surface area contributed by atoms with Crippen molar-refractivity contribution in [3.05, 3.63) is 145 Å². The summed E-state index contributed by atoms with van der Waals surface area (Å²) >= 11 is 0. The SMILES string of the molecule is C1=CCCC(c2nc(-c3ccc4ccc(-c5cccc6oc7ccccc7c56)cc4c3)nc(-c3ccc4oc5ccccc5c4c3)n2)=C1. The molecule has 0 unspecified atom stereocenters. The fraction of sp³-hybridized carbons (Fsp3) is 0.0465. The van der Waals surface area contributed by atoms with E-state index in [0.29, 0.717) is 17.5 Å². The van der Waals surface area contributed by atoms with E-state index in [0.717, 1.165) is 95.3 Å². The predicted octanol–water partition coefficient (Wildman–Crippen LogP) is 11.6. The van der Waals surface area contributed by atoms with Crippen LogP contribution in [0.1, 0.15) is 18.7 Å². The number of allylic oxidation sites excluding steroid dienone is 4. The summed E-state index contributed by atoms with van der Waals surface area (Å²) in [6.07, 6.45) is 8.24. The average molecular weight is 618 g/mol. The van der Waals surface area contributed by atoms with Crippen LogP contribution in [-0.4, -0.2) is 15.0 Å². The predicted molar refractivity (Wildman–Crippen MR) is 195 cm³/mol. The number of para-hydroxylation sites is 2. The van der Waals surface area contributed by atoms with Crippen LogP contribution < -0.4 is 0 Å².